The fourth-order valence-electron chi connectivity index (χ4n) is 2.92. The van der Waals surface area contributed by atoms with Crippen molar-refractivity contribution in [2.45, 2.75) is 58.5 Å². The van der Waals surface area contributed by atoms with Crippen molar-refractivity contribution >= 4 is 27.7 Å². The number of thiazole rings is 1. The zero-order valence-electron chi connectivity index (χ0n) is 13.3. The summed E-state index contributed by atoms with van der Waals surface area (Å²) in [6.07, 6.45) is 2.92. The molecule has 0 aliphatic carbocycles. The van der Waals surface area contributed by atoms with E-state index in [9.17, 15) is 9.59 Å². The van der Waals surface area contributed by atoms with Crippen molar-refractivity contribution in [2.75, 3.05) is 0 Å². The van der Waals surface area contributed by atoms with E-state index in [1.165, 1.54) is 6.92 Å². The van der Waals surface area contributed by atoms with Gasteiger partial charge in [-0.1, -0.05) is 18.3 Å². The Balaban J connectivity index is 1.87. The molecule has 0 radical (unpaired) electrons. The van der Waals surface area contributed by atoms with Gasteiger partial charge in [-0.2, -0.15) is 0 Å². The molecular weight excluding hydrogens is 318 g/mol. The Bertz CT molecular complexity index is 785. The number of rotatable bonds is 4. The smallest absolute Gasteiger partial charge is 0.311 e. The van der Waals surface area contributed by atoms with E-state index in [4.69, 9.17) is 9.47 Å². The number of ether oxygens (including phenoxy) is 2. The highest BCUT2D eigenvalue weighted by molar-refractivity contribution is 7.16. The number of aryl methyl sites for hydroxylation is 1. The molecule has 0 spiro atoms. The first kappa shape index (κ1) is 16.1. The molecule has 3 heterocycles. The molecule has 23 heavy (non-hydrogen) atoms. The van der Waals surface area contributed by atoms with Crippen LogP contribution in [0.25, 0.3) is 10.3 Å². The average molecular weight is 337 g/mol. The van der Waals surface area contributed by atoms with Crippen molar-refractivity contribution in [2.24, 2.45) is 0 Å². The number of fused-ring (bicyclic) bond motifs is 1. The summed E-state index contributed by atoms with van der Waals surface area (Å²) in [6.45, 7) is 5.14. The molecule has 1 saturated heterocycles. The minimum Gasteiger partial charge on any atom is -0.460 e. The minimum atomic E-state index is -0.375. The van der Waals surface area contributed by atoms with Crippen molar-refractivity contribution in [3.8, 4) is 0 Å². The van der Waals surface area contributed by atoms with Gasteiger partial charge < -0.3 is 9.47 Å². The normalized spacial score (nSPS) is 22.4. The maximum Gasteiger partial charge on any atom is 0.311 e. The van der Waals surface area contributed by atoms with Gasteiger partial charge in [-0.15, -0.1) is 0 Å². The van der Waals surface area contributed by atoms with E-state index in [0.717, 1.165) is 22.5 Å². The van der Waals surface area contributed by atoms with E-state index in [2.05, 4.69) is 9.97 Å². The van der Waals surface area contributed by atoms with Gasteiger partial charge >= 0.3 is 10.8 Å². The molecule has 2 aromatic heterocycles. The first-order valence-corrected chi connectivity index (χ1v) is 8.48. The third-order valence-corrected chi connectivity index (χ3v) is 4.81. The number of carbonyl (C=O) groups excluding carboxylic acids is 1. The predicted octanol–water partition coefficient (Wildman–Crippen LogP) is 2.18. The van der Waals surface area contributed by atoms with E-state index in [1.807, 2.05) is 6.92 Å². The van der Waals surface area contributed by atoms with Crippen LogP contribution in [0, 0.1) is 6.92 Å². The summed E-state index contributed by atoms with van der Waals surface area (Å²) in [5.41, 5.74) is 0.610. The van der Waals surface area contributed by atoms with Crippen LogP contribution in [0.5, 0.6) is 0 Å². The Morgan fingerprint density at radius 1 is 1.57 bits per heavy atom. The Kier molecular flexibility index (Phi) is 4.45. The van der Waals surface area contributed by atoms with Gasteiger partial charge in [0, 0.05) is 6.92 Å². The monoisotopic (exact) mass is 337 g/mol. The first-order chi connectivity index (χ1) is 11.0. The van der Waals surface area contributed by atoms with E-state index in [-0.39, 0.29) is 29.3 Å². The number of carbonyl (C=O) groups is 1. The van der Waals surface area contributed by atoms with Crippen LogP contribution in [0.15, 0.2) is 11.0 Å². The molecule has 2 aromatic rings. The van der Waals surface area contributed by atoms with Crippen LogP contribution in [0.4, 0.5) is 0 Å². The van der Waals surface area contributed by atoms with E-state index < -0.39 is 0 Å². The standard InChI is InChI=1S/C15H19N3O4S/c1-4-10(21-9(3)19)11-5-6-13(22-11)18-14-12(23-15(18)20)7-16-8(2)17-14/h7,10-11,13H,4-6H2,1-3H3/t10-,11-,13+/m0/s1. The maximum absolute atomic E-state index is 12.3. The van der Waals surface area contributed by atoms with Crippen molar-refractivity contribution in [3.05, 3.63) is 21.7 Å². The molecule has 0 aromatic carbocycles. The van der Waals surface area contributed by atoms with Gasteiger partial charge in [0.15, 0.2) is 5.65 Å². The van der Waals surface area contributed by atoms with E-state index in [1.54, 1.807) is 17.7 Å². The lowest BCUT2D eigenvalue weighted by molar-refractivity contribution is -0.156. The van der Waals surface area contributed by atoms with Gasteiger partial charge in [0.05, 0.1) is 17.0 Å². The quantitative estimate of drug-likeness (QED) is 0.795. The molecule has 0 bridgehead atoms. The third-order valence-electron chi connectivity index (χ3n) is 3.93. The van der Waals surface area contributed by atoms with Crippen molar-refractivity contribution in [3.63, 3.8) is 0 Å². The summed E-state index contributed by atoms with van der Waals surface area (Å²) in [5, 5.41) is 0. The van der Waals surface area contributed by atoms with Gasteiger partial charge in [-0.05, 0) is 26.2 Å². The maximum atomic E-state index is 12.3. The van der Waals surface area contributed by atoms with Crippen molar-refractivity contribution in [1.29, 1.82) is 0 Å². The zero-order valence-corrected chi connectivity index (χ0v) is 14.1. The summed E-state index contributed by atoms with van der Waals surface area (Å²) >= 11 is 1.12. The summed E-state index contributed by atoms with van der Waals surface area (Å²) < 4.78 is 13.7. The van der Waals surface area contributed by atoms with Crippen molar-refractivity contribution < 1.29 is 14.3 Å². The number of hydrogen-bond acceptors (Lipinski definition) is 7. The van der Waals surface area contributed by atoms with E-state index >= 15 is 0 Å². The largest absolute Gasteiger partial charge is 0.460 e. The Labute approximate surface area is 137 Å². The number of aromatic nitrogens is 3. The summed E-state index contributed by atoms with van der Waals surface area (Å²) in [5.74, 6) is 0.301. The van der Waals surface area contributed by atoms with Crippen molar-refractivity contribution in [1.82, 2.24) is 14.5 Å². The highest BCUT2D eigenvalue weighted by Crippen LogP contribution is 2.33. The van der Waals surface area contributed by atoms with Crippen LogP contribution < -0.4 is 4.87 Å². The Morgan fingerprint density at radius 2 is 2.35 bits per heavy atom. The lowest BCUT2D eigenvalue weighted by Gasteiger charge is -2.22. The van der Waals surface area contributed by atoms with Gasteiger partial charge in [-0.25, -0.2) is 9.97 Å². The zero-order chi connectivity index (χ0) is 16.6. The second-order valence-corrected chi connectivity index (χ2v) is 6.60. The average Bonchev–Trinajstić information content (AvgIpc) is 3.08. The fraction of sp³-hybridized carbons (Fsp3) is 0.600. The summed E-state index contributed by atoms with van der Waals surface area (Å²) in [4.78, 5) is 31.9. The first-order valence-electron chi connectivity index (χ1n) is 7.67. The number of esters is 1. The lowest BCUT2D eigenvalue weighted by atomic mass is 10.1. The van der Waals surface area contributed by atoms with Crippen LogP contribution in [0.2, 0.25) is 0 Å². The second-order valence-electron chi connectivity index (χ2n) is 5.61. The van der Waals surface area contributed by atoms with Gasteiger partial charge in [0.2, 0.25) is 0 Å². The molecule has 3 atom stereocenters. The Morgan fingerprint density at radius 3 is 3.04 bits per heavy atom. The van der Waals surface area contributed by atoms with Crippen LogP contribution in [-0.2, 0) is 14.3 Å². The van der Waals surface area contributed by atoms with Crippen LogP contribution in [-0.4, -0.2) is 32.7 Å². The molecule has 0 unspecified atom stereocenters. The molecule has 1 aliphatic heterocycles. The molecule has 0 saturated carbocycles. The molecule has 8 heteroatoms. The third kappa shape index (κ3) is 3.13. The number of nitrogens with zero attached hydrogens (tertiary/aromatic N) is 3. The second kappa shape index (κ2) is 6.37. The van der Waals surface area contributed by atoms with Gasteiger partial charge in [0.1, 0.15) is 18.2 Å². The molecule has 0 N–H and O–H groups in total. The molecule has 0 amide bonds. The van der Waals surface area contributed by atoms with Crippen LogP contribution in [0.1, 0.15) is 45.2 Å². The summed E-state index contributed by atoms with van der Waals surface area (Å²) in [7, 11) is 0. The highest BCUT2D eigenvalue weighted by Gasteiger charge is 2.35. The topological polar surface area (TPSA) is 83.3 Å². The number of hydrogen-bond donors (Lipinski definition) is 0. The summed E-state index contributed by atoms with van der Waals surface area (Å²) in [6, 6.07) is 0. The SMILES string of the molecule is CC[C@H](OC(C)=O)[C@@H]1CC[C@H](n2c(=O)sc3cnc(C)nc32)O1. The molecule has 1 aliphatic rings. The molecule has 1 fully saturated rings. The van der Waals surface area contributed by atoms with Gasteiger partial charge in [0.25, 0.3) is 0 Å². The minimum absolute atomic E-state index is 0.105. The Hall–Kier alpha value is -1.80. The molecule has 124 valence electrons. The van der Waals surface area contributed by atoms with E-state index in [0.29, 0.717) is 24.3 Å². The molecular formula is C15H19N3O4S. The van der Waals surface area contributed by atoms with Gasteiger partial charge in [-0.3, -0.25) is 14.2 Å². The molecule has 3 rings (SSSR count). The van der Waals surface area contributed by atoms with Crippen LogP contribution in [0.3, 0.4) is 0 Å². The van der Waals surface area contributed by atoms with Crippen LogP contribution >= 0.6 is 11.3 Å². The lowest BCUT2D eigenvalue weighted by Crippen LogP contribution is -2.31. The highest BCUT2D eigenvalue weighted by atomic mass is 32.1. The molecule has 7 nitrogen and oxygen atoms in total. The predicted molar refractivity (Wildman–Crippen MR) is 85.4 cm³/mol. The fourth-order valence-corrected chi connectivity index (χ4v) is 3.75.